The molecule has 0 amide bonds. The van der Waals surface area contributed by atoms with Crippen LogP contribution < -0.4 is 5.32 Å². The molecule has 0 saturated carbocycles. The molecular weight excluding hydrogens is 221 g/mol. The molecule has 4 heteroatoms. The smallest absolute Gasteiger partial charge is 0.165 e. The number of aromatic hydroxyl groups is 1. The number of halogens is 1. The van der Waals surface area contributed by atoms with Gasteiger partial charge in [-0.15, -0.1) is 0 Å². The Hall–Kier alpha value is -1.13. The molecule has 1 aromatic carbocycles. The first kappa shape index (κ1) is 12.3. The van der Waals surface area contributed by atoms with Gasteiger partial charge in [-0.05, 0) is 37.0 Å². The minimum absolute atomic E-state index is 0.283. The van der Waals surface area contributed by atoms with Crippen molar-refractivity contribution in [3.8, 4) is 5.75 Å². The molecule has 1 atom stereocenters. The van der Waals surface area contributed by atoms with Crippen molar-refractivity contribution in [2.45, 2.75) is 31.9 Å². The zero-order chi connectivity index (χ0) is 12.1. The van der Waals surface area contributed by atoms with Crippen molar-refractivity contribution in [3.05, 3.63) is 29.6 Å². The lowest BCUT2D eigenvalue weighted by atomic mass is 10.1. The number of rotatable bonds is 4. The average molecular weight is 239 g/mol. The minimum Gasteiger partial charge on any atom is -0.505 e. The summed E-state index contributed by atoms with van der Waals surface area (Å²) in [7, 11) is 0. The van der Waals surface area contributed by atoms with E-state index in [1.54, 1.807) is 6.07 Å². The third kappa shape index (κ3) is 3.68. The van der Waals surface area contributed by atoms with Crippen molar-refractivity contribution >= 4 is 0 Å². The van der Waals surface area contributed by atoms with Gasteiger partial charge in [0.15, 0.2) is 11.6 Å². The molecule has 1 saturated heterocycles. The average Bonchev–Trinajstić information content (AvgIpc) is 2.35. The zero-order valence-electron chi connectivity index (χ0n) is 9.79. The molecule has 1 unspecified atom stereocenters. The molecular formula is C13H18FNO2. The number of nitrogens with one attached hydrogen (secondary N) is 1. The topological polar surface area (TPSA) is 41.5 Å². The van der Waals surface area contributed by atoms with E-state index < -0.39 is 5.82 Å². The Labute approximate surface area is 101 Å². The van der Waals surface area contributed by atoms with Gasteiger partial charge in [0.1, 0.15) is 0 Å². The van der Waals surface area contributed by atoms with Gasteiger partial charge in [-0.2, -0.15) is 0 Å². The number of benzene rings is 1. The van der Waals surface area contributed by atoms with Gasteiger partial charge in [0.05, 0.1) is 6.10 Å². The first-order valence-corrected chi connectivity index (χ1v) is 6.05. The lowest BCUT2D eigenvalue weighted by Gasteiger charge is -2.22. The van der Waals surface area contributed by atoms with Crippen LogP contribution in [0, 0.1) is 5.82 Å². The van der Waals surface area contributed by atoms with Crippen molar-refractivity contribution in [3.63, 3.8) is 0 Å². The summed E-state index contributed by atoms with van der Waals surface area (Å²) in [6, 6.07) is 4.45. The molecule has 1 aliphatic rings. The second-order valence-electron chi connectivity index (χ2n) is 4.41. The molecule has 17 heavy (non-hydrogen) atoms. The summed E-state index contributed by atoms with van der Waals surface area (Å²) in [5.41, 5.74) is 0.830. The summed E-state index contributed by atoms with van der Waals surface area (Å²) in [4.78, 5) is 0. The Morgan fingerprint density at radius 2 is 2.29 bits per heavy atom. The van der Waals surface area contributed by atoms with Gasteiger partial charge >= 0.3 is 0 Å². The fourth-order valence-corrected chi connectivity index (χ4v) is 2.01. The van der Waals surface area contributed by atoms with Crippen LogP contribution in [0.5, 0.6) is 5.75 Å². The Balaban J connectivity index is 1.75. The number of hydrogen-bond acceptors (Lipinski definition) is 3. The van der Waals surface area contributed by atoms with Gasteiger partial charge in [-0.3, -0.25) is 0 Å². The monoisotopic (exact) mass is 239 g/mol. The van der Waals surface area contributed by atoms with Crippen LogP contribution in [0.15, 0.2) is 18.2 Å². The molecule has 94 valence electrons. The van der Waals surface area contributed by atoms with E-state index in [1.807, 2.05) is 0 Å². The predicted octanol–water partition coefficient (Wildman–Crippen LogP) is 2.19. The van der Waals surface area contributed by atoms with E-state index in [4.69, 9.17) is 9.84 Å². The molecule has 0 aliphatic carbocycles. The molecule has 2 N–H and O–H groups in total. The van der Waals surface area contributed by atoms with Crippen LogP contribution >= 0.6 is 0 Å². The number of phenolic OH excluding ortho intramolecular Hbond substituents is 1. The van der Waals surface area contributed by atoms with Gasteiger partial charge in [0, 0.05) is 19.7 Å². The van der Waals surface area contributed by atoms with Crippen LogP contribution in [0.2, 0.25) is 0 Å². The predicted molar refractivity (Wildman–Crippen MR) is 63.4 cm³/mol. The van der Waals surface area contributed by atoms with Crippen LogP contribution in [-0.4, -0.2) is 24.4 Å². The normalized spacial score (nSPS) is 20.4. The Bertz CT molecular complexity index is 364. The van der Waals surface area contributed by atoms with Crippen LogP contribution in [0.3, 0.4) is 0 Å². The van der Waals surface area contributed by atoms with Crippen LogP contribution in [-0.2, 0) is 11.3 Å². The van der Waals surface area contributed by atoms with Crippen molar-refractivity contribution in [1.29, 1.82) is 0 Å². The third-order valence-electron chi connectivity index (χ3n) is 2.99. The SMILES string of the molecule is Oc1ccc(CNCC2CCCCO2)cc1F. The molecule has 3 nitrogen and oxygen atoms in total. The van der Waals surface area contributed by atoms with E-state index in [1.165, 1.54) is 18.6 Å². The van der Waals surface area contributed by atoms with Crippen LogP contribution in [0.4, 0.5) is 4.39 Å². The van der Waals surface area contributed by atoms with Gasteiger partial charge in [-0.1, -0.05) is 6.07 Å². The van der Waals surface area contributed by atoms with E-state index in [0.717, 1.165) is 31.6 Å². The summed E-state index contributed by atoms with van der Waals surface area (Å²) in [5, 5.41) is 12.3. The van der Waals surface area contributed by atoms with E-state index in [9.17, 15) is 4.39 Å². The molecule has 1 heterocycles. The highest BCUT2D eigenvalue weighted by Crippen LogP contribution is 2.16. The minimum atomic E-state index is -0.571. The molecule has 0 bridgehead atoms. The summed E-state index contributed by atoms with van der Waals surface area (Å²) < 4.78 is 18.6. The molecule has 0 radical (unpaired) electrons. The van der Waals surface area contributed by atoms with Gasteiger partial charge in [0.2, 0.25) is 0 Å². The summed E-state index contributed by atoms with van der Waals surface area (Å²) in [6.45, 7) is 2.24. The van der Waals surface area contributed by atoms with Crippen LogP contribution in [0.25, 0.3) is 0 Å². The third-order valence-corrected chi connectivity index (χ3v) is 2.99. The molecule has 1 aromatic rings. The van der Waals surface area contributed by atoms with Gasteiger partial charge < -0.3 is 15.2 Å². The highest BCUT2D eigenvalue weighted by atomic mass is 19.1. The van der Waals surface area contributed by atoms with E-state index in [0.29, 0.717) is 6.54 Å². The molecule has 0 spiro atoms. The first-order valence-electron chi connectivity index (χ1n) is 6.05. The highest BCUT2D eigenvalue weighted by Gasteiger charge is 2.12. The van der Waals surface area contributed by atoms with Crippen molar-refractivity contribution in [2.24, 2.45) is 0 Å². The summed E-state index contributed by atoms with van der Waals surface area (Å²) in [6.07, 6.45) is 3.75. The van der Waals surface area contributed by atoms with Crippen molar-refractivity contribution in [2.75, 3.05) is 13.2 Å². The second kappa shape index (κ2) is 5.98. The van der Waals surface area contributed by atoms with E-state index in [-0.39, 0.29) is 11.9 Å². The maximum absolute atomic E-state index is 13.1. The quantitative estimate of drug-likeness (QED) is 0.846. The zero-order valence-corrected chi connectivity index (χ0v) is 9.79. The fourth-order valence-electron chi connectivity index (χ4n) is 2.01. The van der Waals surface area contributed by atoms with E-state index >= 15 is 0 Å². The largest absolute Gasteiger partial charge is 0.505 e. The maximum Gasteiger partial charge on any atom is 0.165 e. The van der Waals surface area contributed by atoms with Gasteiger partial charge in [0.25, 0.3) is 0 Å². The Kier molecular flexibility index (Phi) is 4.34. The maximum atomic E-state index is 13.1. The standard InChI is InChI=1S/C13H18FNO2/c14-12-7-10(4-5-13(12)16)8-15-9-11-3-1-2-6-17-11/h4-5,7,11,15-16H,1-3,6,8-9H2. The van der Waals surface area contributed by atoms with Crippen molar-refractivity contribution < 1.29 is 14.2 Å². The number of hydrogen-bond donors (Lipinski definition) is 2. The van der Waals surface area contributed by atoms with E-state index in [2.05, 4.69) is 5.32 Å². The van der Waals surface area contributed by atoms with Crippen LogP contribution in [0.1, 0.15) is 24.8 Å². The second-order valence-corrected chi connectivity index (χ2v) is 4.41. The summed E-state index contributed by atoms with van der Waals surface area (Å²) in [5.74, 6) is -0.873. The first-order chi connectivity index (χ1) is 8.25. The van der Waals surface area contributed by atoms with Gasteiger partial charge in [-0.25, -0.2) is 4.39 Å². The summed E-state index contributed by atoms with van der Waals surface area (Å²) >= 11 is 0. The Morgan fingerprint density at radius 3 is 3.00 bits per heavy atom. The van der Waals surface area contributed by atoms with Crippen molar-refractivity contribution in [1.82, 2.24) is 5.32 Å². The molecule has 0 aromatic heterocycles. The highest BCUT2D eigenvalue weighted by molar-refractivity contribution is 5.27. The fraction of sp³-hybridized carbons (Fsp3) is 0.538. The number of ether oxygens (including phenoxy) is 1. The molecule has 2 rings (SSSR count). The molecule has 1 aliphatic heterocycles. The Morgan fingerprint density at radius 1 is 1.41 bits per heavy atom. The number of phenols is 1. The lowest BCUT2D eigenvalue weighted by molar-refractivity contribution is 0.0168. The molecule has 1 fully saturated rings. The lowest BCUT2D eigenvalue weighted by Crippen LogP contribution is -2.31.